The molecule has 4 aromatic rings. The number of anilines is 1. The first-order valence-electron chi connectivity index (χ1n) is 11.7. The van der Waals surface area contributed by atoms with Crippen molar-refractivity contribution in [3.63, 3.8) is 0 Å². The van der Waals surface area contributed by atoms with Crippen LogP contribution in [-0.2, 0) is 14.8 Å². The minimum Gasteiger partial charge on any atom is -0.465 e. The number of hydrogen-bond donors (Lipinski definition) is 1. The number of piperazine rings is 1. The van der Waals surface area contributed by atoms with Gasteiger partial charge in [0.05, 0.1) is 29.3 Å². The Bertz CT molecular complexity index is 1500. The standard InChI is InChI=1S/C24H26N6O5S2/c1-16(28-23-17-4-3-5-18(24(31)34-2)22(17)25-15-26-23)14-29-10-12-30(13-11-29)37(32,33)21-7-6-20(36-21)19-8-9-27-35-19/h3-9,15-16H,10-14H2,1-2H3,(H,25,26,28). The molecule has 3 aromatic heterocycles. The van der Waals surface area contributed by atoms with Crippen molar-refractivity contribution < 1.29 is 22.5 Å². The summed E-state index contributed by atoms with van der Waals surface area (Å²) >= 11 is 1.18. The second-order valence-electron chi connectivity index (χ2n) is 8.66. The third-order valence-electron chi connectivity index (χ3n) is 6.17. The smallest absolute Gasteiger partial charge is 0.340 e. The Morgan fingerprint density at radius 1 is 1.16 bits per heavy atom. The number of carbonyl (C=O) groups is 1. The zero-order valence-corrected chi connectivity index (χ0v) is 22.0. The number of ether oxygens (including phenoxy) is 1. The van der Waals surface area contributed by atoms with E-state index in [2.05, 4.69) is 25.3 Å². The molecule has 1 N–H and O–H groups in total. The first-order chi connectivity index (χ1) is 17.9. The molecule has 0 spiro atoms. The highest BCUT2D eigenvalue weighted by Gasteiger charge is 2.30. The van der Waals surface area contributed by atoms with Crippen LogP contribution in [0.2, 0.25) is 0 Å². The highest BCUT2D eigenvalue weighted by molar-refractivity contribution is 7.91. The van der Waals surface area contributed by atoms with Crippen LogP contribution >= 0.6 is 11.3 Å². The molecule has 0 saturated carbocycles. The molecule has 4 heterocycles. The molecule has 5 rings (SSSR count). The summed E-state index contributed by atoms with van der Waals surface area (Å²) in [5, 5.41) is 7.82. The molecule has 0 amide bonds. The Kier molecular flexibility index (Phi) is 7.20. The van der Waals surface area contributed by atoms with E-state index >= 15 is 0 Å². The van der Waals surface area contributed by atoms with Crippen LogP contribution in [0, 0.1) is 0 Å². The SMILES string of the molecule is COC(=O)c1cccc2c(NC(C)CN3CCN(S(=O)(=O)c4ccc(-c5ccno5)s4)CC3)ncnc12. The van der Waals surface area contributed by atoms with E-state index in [1.165, 1.54) is 35.3 Å². The zero-order chi connectivity index (χ0) is 26.0. The summed E-state index contributed by atoms with van der Waals surface area (Å²) in [6.45, 7) is 4.78. The van der Waals surface area contributed by atoms with Gasteiger partial charge in [-0.3, -0.25) is 4.90 Å². The topological polar surface area (TPSA) is 131 Å². The third kappa shape index (κ3) is 5.21. The molecule has 1 aliphatic rings. The van der Waals surface area contributed by atoms with Crippen molar-refractivity contribution in [2.75, 3.05) is 45.2 Å². The van der Waals surface area contributed by atoms with Crippen molar-refractivity contribution in [3.05, 3.63) is 54.5 Å². The van der Waals surface area contributed by atoms with Crippen LogP contribution in [0.15, 0.2) is 57.7 Å². The first-order valence-corrected chi connectivity index (χ1v) is 13.9. The Labute approximate surface area is 218 Å². The lowest BCUT2D eigenvalue weighted by Crippen LogP contribution is -2.50. The second kappa shape index (κ2) is 10.5. The first kappa shape index (κ1) is 25.3. The number of esters is 1. The van der Waals surface area contributed by atoms with Gasteiger partial charge in [0.25, 0.3) is 10.0 Å². The summed E-state index contributed by atoms with van der Waals surface area (Å²) in [6.07, 6.45) is 2.96. The summed E-state index contributed by atoms with van der Waals surface area (Å²) in [4.78, 5) is 23.7. The Balaban J connectivity index is 1.20. The van der Waals surface area contributed by atoms with E-state index in [1.54, 1.807) is 30.3 Å². The van der Waals surface area contributed by atoms with Crippen molar-refractivity contribution in [2.45, 2.75) is 17.2 Å². The number of rotatable bonds is 8. The van der Waals surface area contributed by atoms with Gasteiger partial charge in [0.2, 0.25) is 0 Å². The number of carbonyl (C=O) groups excluding carboxylic acids is 1. The quantitative estimate of drug-likeness (QED) is 0.332. The lowest BCUT2D eigenvalue weighted by atomic mass is 10.1. The van der Waals surface area contributed by atoms with Crippen LogP contribution in [0.25, 0.3) is 21.5 Å². The van der Waals surface area contributed by atoms with Gasteiger partial charge in [-0.1, -0.05) is 11.2 Å². The molecule has 194 valence electrons. The molecule has 1 saturated heterocycles. The van der Waals surface area contributed by atoms with Crippen LogP contribution in [0.5, 0.6) is 0 Å². The van der Waals surface area contributed by atoms with E-state index in [1.807, 2.05) is 13.0 Å². The van der Waals surface area contributed by atoms with E-state index in [0.717, 1.165) is 10.3 Å². The maximum atomic E-state index is 13.2. The van der Waals surface area contributed by atoms with Crippen LogP contribution in [0.1, 0.15) is 17.3 Å². The van der Waals surface area contributed by atoms with Crippen LogP contribution < -0.4 is 5.32 Å². The van der Waals surface area contributed by atoms with Crippen molar-refractivity contribution in [2.24, 2.45) is 0 Å². The highest BCUT2D eigenvalue weighted by Crippen LogP contribution is 2.32. The van der Waals surface area contributed by atoms with Gasteiger partial charge in [0, 0.05) is 50.2 Å². The normalized spacial score (nSPS) is 16.1. The summed E-state index contributed by atoms with van der Waals surface area (Å²) < 4.78 is 38.2. The highest BCUT2D eigenvalue weighted by atomic mass is 32.2. The van der Waals surface area contributed by atoms with Gasteiger partial charge in [-0.15, -0.1) is 11.3 Å². The molecule has 1 atom stereocenters. The molecule has 0 radical (unpaired) electrons. The average molecular weight is 543 g/mol. The molecule has 1 aromatic carbocycles. The number of fused-ring (bicyclic) bond motifs is 1. The molecule has 0 aliphatic carbocycles. The van der Waals surface area contributed by atoms with Gasteiger partial charge < -0.3 is 14.6 Å². The molecule has 0 bridgehead atoms. The van der Waals surface area contributed by atoms with E-state index in [0.29, 0.717) is 59.6 Å². The van der Waals surface area contributed by atoms with E-state index in [-0.39, 0.29) is 6.04 Å². The molecular weight excluding hydrogens is 516 g/mol. The van der Waals surface area contributed by atoms with E-state index in [4.69, 9.17) is 9.26 Å². The molecule has 1 fully saturated rings. The number of benzene rings is 1. The summed E-state index contributed by atoms with van der Waals surface area (Å²) in [5.74, 6) is 0.730. The molecule has 13 heteroatoms. The maximum absolute atomic E-state index is 13.2. The maximum Gasteiger partial charge on any atom is 0.340 e. The number of thiophene rings is 1. The minimum atomic E-state index is -3.58. The number of hydrogen-bond acceptors (Lipinski definition) is 11. The predicted octanol–water partition coefficient (Wildman–Crippen LogP) is 2.94. The molecular formula is C24H26N6O5S2. The number of sulfonamides is 1. The Morgan fingerprint density at radius 3 is 2.70 bits per heavy atom. The average Bonchev–Trinajstić information content (AvgIpc) is 3.61. The van der Waals surface area contributed by atoms with Crippen LogP contribution in [-0.4, -0.2) is 84.6 Å². The van der Waals surface area contributed by atoms with Crippen LogP contribution in [0.4, 0.5) is 5.82 Å². The van der Waals surface area contributed by atoms with Crippen LogP contribution in [0.3, 0.4) is 0 Å². The summed E-state index contributed by atoms with van der Waals surface area (Å²) in [6, 6.07) is 10.4. The second-order valence-corrected chi connectivity index (χ2v) is 11.9. The minimum absolute atomic E-state index is 0.0183. The van der Waals surface area contributed by atoms with Gasteiger partial charge in [-0.25, -0.2) is 23.2 Å². The number of para-hydroxylation sites is 1. The summed E-state index contributed by atoms with van der Waals surface area (Å²) in [7, 11) is -2.24. The fourth-order valence-corrected chi connectivity index (χ4v) is 7.20. The number of nitrogens with zero attached hydrogens (tertiary/aromatic N) is 5. The van der Waals surface area contributed by atoms with Crippen molar-refractivity contribution in [1.29, 1.82) is 0 Å². The Morgan fingerprint density at radius 2 is 1.97 bits per heavy atom. The van der Waals surface area contributed by atoms with E-state index < -0.39 is 16.0 Å². The molecule has 37 heavy (non-hydrogen) atoms. The largest absolute Gasteiger partial charge is 0.465 e. The van der Waals surface area contributed by atoms with Gasteiger partial charge in [-0.05, 0) is 31.2 Å². The van der Waals surface area contributed by atoms with Gasteiger partial charge >= 0.3 is 5.97 Å². The number of methoxy groups -OCH3 is 1. The molecule has 11 nitrogen and oxygen atoms in total. The number of nitrogens with one attached hydrogen (secondary N) is 1. The van der Waals surface area contributed by atoms with Crippen molar-refractivity contribution in [1.82, 2.24) is 24.3 Å². The van der Waals surface area contributed by atoms with Crippen molar-refractivity contribution in [3.8, 4) is 10.6 Å². The Hall–Kier alpha value is -3.39. The fourth-order valence-electron chi connectivity index (χ4n) is 4.36. The number of aromatic nitrogens is 3. The van der Waals surface area contributed by atoms with Gasteiger partial charge in [0.15, 0.2) is 5.76 Å². The fraction of sp³-hybridized carbons (Fsp3) is 0.333. The summed E-state index contributed by atoms with van der Waals surface area (Å²) in [5.41, 5.74) is 0.909. The van der Waals surface area contributed by atoms with Gasteiger partial charge in [0.1, 0.15) is 16.4 Å². The van der Waals surface area contributed by atoms with Crippen molar-refractivity contribution >= 4 is 44.1 Å². The monoisotopic (exact) mass is 542 g/mol. The lowest BCUT2D eigenvalue weighted by molar-refractivity contribution is 0.0602. The third-order valence-corrected chi connectivity index (χ3v) is 9.64. The van der Waals surface area contributed by atoms with E-state index in [9.17, 15) is 13.2 Å². The lowest BCUT2D eigenvalue weighted by Gasteiger charge is -2.35. The molecule has 1 unspecified atom stereocenters. The predicted molar refractivity (Wildman–Crippen MR) is 139 cm³/mol. The van der Waals surface area contributed by atoms with Gasteiger partial charge in [-0.2, -0.15) is 4.31 Å². The molecule has 1 aliphatic heterocycles. The zero-order valence-electron chi connectivity index (χ0n) is 20.3.